The molecule has 0 saturated heterocycles. The second kappa shape index (κ2) is 6.79. The normalized spacial score (nSPS) is 10.9. The molecular formula is C22H15ClN2O2. The fourth-order valence-corrected chi connectivity index (χ4v) is 3.64. The van der Waals surface area contributed by atoms with Crippen molar-refractivity contribution in [3.63, 3.8) is 0 Å². The van der Waals surface area contributed by atoms with Gasteiger partial charge in [0.25, 0.3) is 0 Å². The number of aromatic nitrogens is 1. The Morgan fingerprint density at radius 3 is 2.74 bits per heavy atom. The summed E-state index contributed by atoms with van der Waals surface area (Å²) >= 11 is 6.17. The van der Waals surface area contributed by atoms with Crippen LogP contribution in [0.25, 0.3) is 27.4 Å². The predicted octanol–water partition coefficient (Wildman–Crippen LogP) is 5.46. The van der Waals surface area contributed by atoms with Crippen molar-refractivity contribution < 1.29 is 9.53 Å². The van der Waals surface area contributed by atoms with Crippen LogP contribution in [0.3, 0.4) is 0 Å². The van der Waals surface area contributed by atoms with Gasteiger partial charge in [0, 0.05) is 22.2 Å². The highest BCUT2D eigenvalue weighted by Gasteiger charge is 2.26. The van der Waals surface area contributed by atoms with Gasteiger partial charge in [0.2, 0.25) is 0 Å². The second-order valence-electron chi connectivity index (χ2n) is 6.06. The zero-order valence-corrected chi connectivity index (χ0v) is 15.3. The average molecular weight is 375 g/mol. The first-order valence-electron chi connectivity index (χ1n) is 8.54. The van der Waals surface area contributed by atoms with E-state index < -0.39 is 5.97 Å². The van der Waals surface area contributed by atoms with Crippen molar-refractivity contribution in [1.29, 1.82) is 5.26 Å². The van der Waals surface area contributed by atoms with Gasteiger partial charge in [0.1, 0.15) is 11.8 Å². The minimum atomic E-state index is -0.473. The summed E-state index contributed by atoms with van der Waals surface area (Å²) in [4.78, 5) is 12.8. The van der Waals surface area contributed by atoms with E-state index in [4.69, 9.17) is 16.3 Å². The number of carbonyl (C=O) groups is 1. The summed E-state index contributed by atoms with van der Waals surface area (Å²) in [7, 11) is 0. The number of hydrogen-bond acceptors (Lipinski definition) is 3. The van der Waals surface area contributed by atoms with Crippen LogP contribution in [0, 0.1) is 11.3 Å². The van der Waals surface area contributed by atoms with Gasteiger partial charge in [0.15, 0.2) is 0 Å². The number of pyridine rings is 1. The van der Waals surface area contributed by atoms with E-state index in [0.717, 1.165) is 10.8 Å². The van der Waals surface area contributed by atoms with Crippen LogP contribution in [0.2, 0.25) is 5.02 Å². The molecule has 0 unspecified atom stereocenters. The molecule has 0 atom stereocenters. The van der Waals surface area contributed by atoms with Gasteiger partial charge in [-0.15, -0.1) is 0 Å². The lowest BCUT2D eigenvalue weighted by Gasteiger charge is -2.07. The molecule has 2 heterocycles. The van der Waals surface area contributed by atoms with E-state index in [2.05, 4.69) is 6.07 Å². The first-order valence-corrected chi connectivity index (χ1v) is 8.92. The molecule has 0 spiro atoms. The molecule has 132 valence electrons. The number of ether oxygens (including phenoxy) is 1. The molecular weight excluding hydrogens is 360 g/mol. The summed E-state index contributed by atoms with van der Waals surface area (Å²) in [6.07, 6.45) is 1.80. The third-order valence-corrected chi connectivity index (χ3v) is 4.75. The number of nitrogens with zero attached hydrogens (tertiary/aromatic N) is 2. The van der Waals surface area contributed by atoms with Crippen LogP contribution in [-0.4, -0.2) is 17.0 Å². The molecule has 4 aromatic rings. The van der Waals surface area contributed by atoms with Crippen molar-refractivity contribution in [1.82, 2.24) is 4.40 Å². The lowest BCUT2D eigenvalue weighted by Crippen LogP contribution is -2.09. The van der Waals surface area contributed by atoms with E-state index in [1.807, 2.05) is 36.4 Å². The lowest BCUT2D eigenvalue weighted by atomic mass is 10.00. The maximum Gasteiger partial charge on any atom is 0.356 e. The van der Waals surface area contributed by atoms with Gasteiger partial charge in [-0.3, -0.25) is 0 Å². The van der Waals surface area contributed by atoms with Gasteiger partial charge in [-0.1, -0.05) is 48.0 Å². The Morgan fingerprint density at radius 2 is 2.00 bits per heavy atom. The summed E-state index contributed by atoms with van der Waals surface area (Å²) in [5.41, 5.74) is 2.69. The van der Waals surface area contributed by atoms with Crippen molar-refractivity contribution in [2.75, 3.05) is 6.61 Å². The summed E-state index contributed by atoms with van der Waals surface area (Å²) < 4.78 is 7.04. The van der Waals surface area contributed by atoms with Gasteiger partial charge < -0.3 is 9.14 Å². The predicted molar refractivity (Wildman–Crippen MR) is 106 cm³/mol. The van der Waals surface area contributed by atoms with Crippen molar-refractivity contribution in [3.8, 4) is 17.2 Å². The molecule has 27 heavy (non-hydrogen) atoms. The van der Waals surface area contributed by atoms with Crippen LogP contribution >= 0.6 is 11.6 Å². The fraction of sp³-hybridized carbons (Fsp3) is 0.0909. The molecule has 0 aliphatic carbocycles. The van der Waals surface area contributed by atoms with Gasteiger partial charge in [0.05, 0.1) is 17.7 Å². The molecule has 4 nitrogen and oxygen atoms in total. The smallest absolute Gasteiger partial charge is 0.356 e. The molecule has 2 aromatic carbocycles. The summed E-state index contributed by atoms with van der Waals surface area (Å²) in [5, 5.41) is 12.4. The van der Waals surface area contributed by atoms with Crippen LogP contribution in [0.5, 0.6) is 0 Å². The topological polar surface area (TPSA) is 54.5 Å². The van der Waals surface area contributed by atoms with Crippen LogP contribution in [-0.2, 0) is 4.74 Å². The maximum atomic E-state index is 12.8. The number of fused-ring (bicyclic) bond motifs is 3. The third-order valence-electron chi connectivity index (χ3n) is 4.52. The van der Waals surface area contributed by atoms with Crippen molar-refractivity contribution in [2.45, 2.75) is 6.92 Å². The lowest BCUT2D eigenvalue weighted by molar-refractivity contribution is 0.0519. The van der Waals surface area contributed by atoms with Crippen molar-refractivity contribution in [3.05, 3.63) is 77.1 Å². The van der Waals surface area contributed by atoms with Crippen molar-refractivity contribution >= 4 is 33.9 Å². The number of carbonyl (C=O) groups excluding carboxylic acids is 1. The molecule has 0 fully saturated rings. The molecule has 0 N–H and O–H groups in total. The Hall–Kier alpha value is -3.29. The number of rotatable bonds is 3. The quantitative estimate of drug-likeness (QED) is 0.447. The minimum absolute atomic E-state index is 0.247. The summed E-state index contributed by atoms with van der Waals surface area (Å²) in [6, 6.07) is 19.2. The molecule has 0 aliphatic rings. The van der Waals surface area contributed by atoms with E-state index in [-0.39, 0.29) is 6.61 Å². The monoisotopic (exact) mass is 374 g/mol. The zero-order valence-electron chi connectivity index (χ0n) is 14.6. The van der Waals surface area contributed by atoms with Crippen molar-refractivity contribution in [2.24, 2.45) is 0 Å². The Bertz CT molecular complexity index is 1230. The van der Waals surface area contributed by atoms with Gasteiger partial charge >= 0.3 is 5.97 Å². The van der Waals surface area contributed by atoms with Crippen LogP contribution in [0.4, 0.5) is 0 Å². The van der Waals surface area contributed by atoms with E-state index in [1.165, 1.54) is 0 Å². The molecule has 4 rings (SSSR count). The SMILES string of the molecule is CCOC(=O)c1c(-c2cccc(Cl)c2)c(C#N)c2c3ccccc3ccn12. The zero-order chi connectivity index (χ0) is 19.0. The third kappa shape index (κ3) is 2.73. The van der Waals surface area contributed by atoms with E-state index in [1.54, 1.807) is 35.7 Å². The Labute approximate surface area is 161 Å². The molecule has 5 heteroatoms. The summed E-state index contributed by atoms with van der Waals surface area (Å²) in [5.74, 6) is -0.473. The van der Waals surface area contributed by atoms with E-state index in [0.29, 0.717) is 32.9 Å². The van der Waals surface area contributed by atoms with Gasteiger partial charge in [-0.05, 0) is 36.1 Å². The highest BCUT2D eigenvalue weighted by atomic mass is 35.5. The fourth-order valence-electron chi connectivity index (χ4n) is 3.45. The van der Waals surface area contributed by atoms with E-state index in [9.17, 15) is 10.1 Å². The van der Waals surface area contributed by atoms with Crippen LogP contribution in [0.15, 0.2) is 60.8 Å². The number of nitriles is 1. The summed E-state index contributed by atoms with van der Waals surface area (Å²) in [6.45, 7) is 2.00. The highest BCUT2D eigenvalue weighted by Crippen LogP contribution is 2.37. The first-order chi connectivity index (χ1) is 13.2. The number of esters is 1. The molecule has 2 aromatic heterocycles. The van der Waals surface area contributed by atoms with Gasteiger partial charge in [-0.2, -0.15) is 5.26 Å². The molecule has 0 saturated carbocycles. The standard InChI is InChI=1S/C22H15ClN2O2/c1-2-27-22(26)21-19(15-7-5-8-16(23)12-15)18(13-24)20-17-9-4-3-6-14(17)10-11-25(20)21/h3-12H,2H2,1H3. The van der Waals surface area contributed by atoms with Gasteiger partial charge in [-0.25, -0.2) is 4.79 Å². The van der Waals surface area contributed by atoms with E-state index >= 15 is 0 Å². The van der Waals surface area contributed by atoms with Crippen LogP contribution in [0.1, 0.15) is 23.0 Å². The first kappa shape index (κ1) is 17.1. The Balaban J connectivity index is 2.20. The number of benzene rings is 2. The van der Waals surface area contributed by atoms with Crippen LogP contribution < -0.4 is 0 Å². The highest BCUT2D eigenvalue weighted by molar-refractivity contribution is 6.31. The molecule has 0 amide bonds. The molecule has 0 bridgehead atoms. The second-order valence-corrected chi connectivity index (χ2v) is 6.50. The average Bonchev–Trinajstić information content (AvgIpc) is 3.03. The maximum absolute atomic E-state index is 12.8. The Morgan fingerprint density at radius 1 is 1.19 bits per heavy atom. The largest absolute Gasteiger partial charge is 0.461 e. The molecule has 0 aliphatic heterocycles. The minimum Gasteiger partial charge on any atom is -0.461 e. The number of hydrogen-bond donors (Lipinski definition) is 0. The molecule has 0 radical (unpaired) electrons. The number of halogens is 1. The Kier molecular flexibility index (Phi) is 4.31.